The van der Waals surface area contributed by atoms with E-state index in [4.69, 9.17) is 4.98 Å². The Labute approximate surface area is 127 Å². The fourth-order valence-electron chi connectivity index (χ4n) is 3.07. The maximum absolute atomic E-state index is 10.3. The van der Waals surface area contributed by atoms with Crippen LogP contribution in [0.3, 0.4) is 0 Å². The average Bonchev–Trinajstić information content (AvgIpc) is 2.47. The lowest BCUT2D eigenvalue weighted by Crippen LogP contribution is -2.44. The molecule has 1 heterocycles. The van der Waals surface area contributed by atoms with E-state index in [0.717, 1.165) is 42.3 Å². The van der Waals surface area contributed by atoms with Gasteiger partial charge in [0.25, 0.3) is 0 Å². The maximum Gasteiger partial charge on any atom is 0.137 e. The highest BCUT2D eigenvalue weighted by Crippen LogP contribution is 2.30. The minimum Gasteiger partial charge on any atom is -0.391 e. The van der Waals surface area contributed by atoms with Crippen molar-refractivity contribution < 1.29 is 5.11 Å². The summed E-state index contributed by atoms with van der Waals surface area (Å²) in [4.78, 5) is 11.5. The van der Waals surface area contributed by atoms with Crippen molar-refractivity contribution in [2.75, 3.05) is 24.3 Å². The van der Waals surface area contributed by atoms with Crippen LogP contribution in [0.25, 0.3) is 0 Å². The molecule has 0 aromatic carbocycles. The van der Waals surface area contributed by atoms with Crippen LogP contribution in [-0.4, -0.2) is 41.3 Å². The molecular weight excluding hydrogens is 264 g/mol. The third-order valence-electron chi connectivity index (χ3n) is 4.42. The Kier molecular flexibility index (Phi) is 5.04. The summed E-state index contributed by atoms with van der Waals surface area (Å²) < 4.78 is 0. The molecule has 2 N–H and O–H groups in total. The van der Waals surface area contributed by atoms with E-state index >= 15 is 0 Å². The molecule has 0 saturated heterocycles. The summed E-state index contributed by atoms with van der Waals surface area (Å²) in [5.41, 5.74) is 1.04. The Balaban J connectivity index is 2.38. The van der Waals surface area contributed by atoms with E-state index in [1.54, 1.807) is 0 Å². The van der Waals surface area contributed by atoms with Crippen molar-refractivity contribution in [3.8, 4) is 0 Å². The van der Waals surface area contributed by atoms with Gasteiger partial charge in [-0.3, -0.25) is 0 Å². The quantitative estimate of drug-likeness (QED) is 0.893. The lowest BCUT2D eigenvalue weighted by Gasteiger charge is -2.37. The van der Waals surface area contributed by atoms with Gasteiger partial charge in [-0.1, -0.05) is 26.7 Å². The van der Waals surface area contributed by atoms with Gasteiger partial charge >= 0.3 is 0 Å². The van der Waals surface area contributed by atoms with Crippen molar-refractivity contribution in [2.24, 2.45) is 0 Å². The first-order valence-corrected chi connectivity index (χ1v) is 7.92. The highest BCUT2D eigenvalue weighted by molar-refractivity contribution is 5.59. The summed E-state index contributed by atoms with van der Waals surface area (Å²) in [6, 6.07) is 0.150. The highest BCUT2D eigenvalue weighted by Gasteiger charge is 2.29. The molecule has 1 aliphatic carbocycles. The van der Waals surface area contributed by atoms with Crippen LogP contribution in [0.1, 0.15) is 56.8 Å². The molecule has 1 aromatic rings. The summed E-state index contributed by atoms with van der Waals surface area (Å²) in [5, 5.41) is 13.5. The Hall–Kier alpha value is -1.36. The lowest BCUT2D eigenvalue weighted by molar-refractivity contribution is 0.106. The predicted molar refractivity (Wildman–Crippen MR) is 87.1 cm³/mol. The van der Waals surface area contributed by atoms with E-state index in [2.05, 4.69) is 29.0 Å². The molecule has 0 aliphatic heterocycles. The maximum atomic E-state index is 10.3. The van der Waals surface area contributed by atoms with Crippen LogP contribution in [0.2, 0.25) is 0 Å². The SMILES string of the molecule is CNc1nc(C(C)C)nc(N(C)C2CCCCC2O)c1C. The number of hydrogen-bond donors (Lipinski definition) is 2. The van der Waals surface area contributed by atoms with Gasteiger partial charge in [0.1, 0.15) is 17.5 Å². The molecule has 0 spiro atoms. The van der Waals surface area contributed by atoms with E-state index in [9.17, 15) is 5.11 Å². The fraction of sp³-hybridized carbons (Fsp3) is 0.750. The third kappa shape index (κ3) is 3.28. The molecule has 2 unspecified atom stereocenters. The first-order valence-electron chi connectivity index (χ1n) is 7.92. The zero-order chi connectivity index (χ0) is 15.6. The van der Waals surface area contributed by atoms with Gasteiger partial charge in [-0.15, -0.1) is 0 Å². The summed E-state index contributed by atoms with van der Waals surface area (Å²) >= 11 is 0. The van der Waals surface area contributed by atoms with E-state index < -0.39 is 0 Å². The molecule has 5 nitrogen and oxygen atoms in total. The molecule has 2 rings (SSSR count). The Bertz CT molecular complexity index is 489. The summed E-state index contributed by atoms with van der Waals surface area (Å²) in [6.45, 7) is 6.24. The van der Waals surface area contributed by atoms with Crippen LogP contribution in [0.4, 0.5) is 11.6 Å². The monoisotopic (exact) mass is 292 g/mol. The molecule has 118 valence electrons. The smallest absolute Gasteiger partial charge is 0.137 e. The van der Waals surface area contributed by atoms with Gasteiger partial charge in [0.2, 0.25) is 0 Å². The molecule has 1 aliphatic rings. The number of likely N-dealkylation sites (N-methyl/N-ethyl adjacent to an activating group) is 1. The first kappa shape index (κ1) is 16.0. The van der Waals surface area contributed by atoms with Gasteiger partial charge in [0.05, 0.1) is 12.1 Å². The number of aliphatic hydroxyl groups is 1. The molecule has 1 fully saturated rings. The van der Waals surface area contributed by atoms with Crippen molar-refractivity contribution >= 4 is 11.6 Å². The fourth-order valence-corrected chi connectivity index (χ4v) is 3.07. The molecule has 2 atom stereocenters. The van der Waals surface area contributed by atoms with Crippen LogP contribution in [0.5, 0.6) is 0 Å². The molecule has 0 bridgehead atoms. The van der Waals surface area contributed by atoms with Crippen molar-refractivity contribution in [1.29, 1.82) is 0 Å². The Morgan fingerprint density at radius 3 is 2.48 bits per heavy atom. The second-order valence-electron chi connectivity index (χ2n) is 6.31. The van der Waals surface area contributed by atoms with Crippen molar-refractivity contribution in [2.45, 2.75) is 64.5 Å². The summed E-state index contributed by atoms with van der Waals surface area (Å²) in [6.07, 6.45) is 3.93. The largest absolute Gasteiger partial charge is 0.391 e. The van der Waals surface area contributed by atoms with Crippen LogP contribution in [0.15, 0.2) is 0 Å². The second-order valence-corrected chi connectivity index (χ2v) is 6.31. The second kappa shape index (κ2) is 6.60. The predicted octanol–water partition coefficient (Wildman–Crippen LogP) is 2.69. The standard InChI is InChI=1S/C16H28N4O/c1-10(2)14-18-15(17-4)11(3)16(19-14)20(5)12-8-6-7-9-13(12)21/h10,12-13,21H,6-9H2,1-5H3,(H,17,18,19). The Morgan fingerprint density at radius 2 is 1.90 bits per heavy atom. The van der Waals surface area contributed by atoms with Gasteiger partial charge in [-0.2, -0.15) is 0 Å². The van der Waals surface area contributed by atoms with E-state index in [-0.39, 0.29) is 18.1 Å². The zero-order valence-electron chi connectivity index (χ0n) is 13.8. The molecule has 0 radical (unpaired) electrons. The van der Waals surface area contributed by atoms with Gasteiger partial charge in [0.15, 0.2) is 0 Å². The van der Waals surface area contributed by atoms with Gasteiger partial charge in [-0.05, 0) is 19.8 Å². The molecule has 21 heavy (non-hydrogen) atoms. The van der Waals surface area contributed by atoms with E-state index in [1.165, 1.54) is 6.42 Å². The third-order valence-corrected chi connectivity index (χ3v) is 4.42. The number of hydrogen-bond acceptors (Lipinski definition) is 5. The molecular formula is C16H28N4O. The van der Waals surface area contributed by atoms with Crippen molar-refractivity contribution in [3.63, 3.8) is 0 Å². The van der Waals surface area contributed by atoms with Crippen LogP contribution in [-0.2, 0) is 0 Å². The molecule has 5 heteroatoms. The summed E-state index contributed by atoms with van der Waals surface area (Å²) in [5.74, 6) is 2.93. The van der Waals surface area contributed by atoms with Crippen LogP contribution in [0, 0.1) is 6.92 Å². The first-order chi connectivity index (χ1) is 9.95. The van der Waals surface area contributed by atoms with Gasteiger partial charge in [0, 0.05) is 25.6 Å². The normalized spacial score (nSPS) is 22.4. The van der Waals surface area contributed by atoms with E-state index in [1.807, 2.05) is 21.0 Å². The number of nitrogens with zero attached hydrogens (tertiary/aromatic N) is 3. The van der Waals surface area contributed by atoms with Gasteiger partial charge in [-0.25, -0.2) is 9.97 Å². The number of nitrogens with one attached hydrogen (secondary N) is 1. The van der Waals surface area contributed by atoms with Crippen LogP contribution >= 0.6 is 0 Å². The summed E-state index contributed by atoms with van der Waals surface area (Å²) in [7, 11) is 3.93. The Morgan fingerprint density at radius 1 is 1.24 bits per heavy atom. The van der Waals surface area contributed by atoms with E-state index in [0.29, 0.717) is 0 Å². The topological polar surface area (TPSA) is 61.3 Å². The van der Waals surface area contributed by atoms with Crippen molar-refractivity contribution in [1.82, 2.24) is 9.97 Å². The molecule has 0 amide bonds. The number of rotatable bonds is 4. The minimum atomic E-state index is -0.265. The molecule has 1 saturated carbocycles. The average molecular weight is 292 g/mol. The van der Waals surface area contributed by atoms with Gasteiger partial charge < -0.3 is 15.3 Å². The highest BCUT2D eigenvalue weighted by atomic mass is 16.3. The van der Waals surface area contributed by atoms with Crippen LogP contribution < -0.4 is 10.2 Å². The zero-order valence-corrected chi connectivity index (χ0v) is 13.8. The molecule has 1 aromatic heterocycles. The lowest BCUT2D eigenvalue weighted by atomic mass is 9.91. The number of aromatic nitrogens is 2. The number of anilines is 2. The van der Waals surface area contributed by atoms with Crippen molar-refractivity contribution in [3.05, 3.63) is 11.4 Å². The number of aliphatic hydroxyl groups excluding tert-OH is 1. The minimum absolute atomic E-state index is 0.150.